The number of hydrogen-bond acceptors (Lipinski definition) is 12. The minimum atomic E-state index is -0.688. The molecule has 12 amide bonds. The predicted molar refractivity (Wildman–Crippen MR) is 595 cm³/mol. The molecule has 0 spiro atoms. The molecule has 0 radical (unpaired) electrons. The second kappa shape index (κ2) is 51.1. The molecule has 0 saturated carbocycles. The predicted octanol–water partition coefficient (Wildman–Crippen LogP) is 27.2. The van der Waals surface area contributed by atoms with Crippen molar-refractivity contribution in [2.24, 2.45) is 20.0 Å². The largest absolute Gasteiger partial charge is 0.336 e. The zero-order valence-corrected chi connectivity index (χ0v) is 84.5. The first-order valence-corrected chi connectivity index (χ1v) is 48.1. The van der Waals surface area contributed by atoms with Crippen molar-refractivity contribution in [1.29, 1.82) is 0 Å². The fourth-order valence-electron chi connectivity index (χ4n) is 15.0. The molecule has 740 valence electrons. The molecule has 16 rings (SSSR count). The molecule has 12 aromatic rings. The van der Waals surface area contributed by atoms with Gasteiger partial charge in [0.15, 0.2) is 0 Å². The van der Waals surface area contributed by atoms with Crippen LogP contribution in [0.3, 0.4) is 0 Å². The lowest BCUT2D eigenvalue weighted by molar-refractivity contribution is -0.118. The van der Waals surface area contributed by atoms with Gasteiger partial charge in [-0.15, -0.1) is 0 Å². The Labute approximate surface area is 877 Å². The third-order valence-corrected chi connectivity index (χ3v) is 24.5. The lowest BCUT2D eigenvalue weighted by atomic mass is 10.00. The number of nitrogens with zero attached hydrogens (tertiary/aromatic N) is 4. The number of carbonyl (C=O) groups excluding carboxylic acids is 8. The second-order valence-corrected chi connectivity index (χ2v) is 39.6. The standard InChI is InChI=1S/C27H26BrClN4O2.C27H26Cl2N4O2.C26H24BrClN4O2.C26H24Cl2N4O2.4CH4/c1-27(2,3)33-26(35)30-19-11-8-16(9-12-19)24-20-15-18(29)10-13-22(20)32-25(34)23(31-24)14-17-6-4-5-7-21(17)28;1-27(2,3)33-26(35)30-19-11-8-16(9-12-19)24-20-15-18(28)10-13-22(20)32-25(34)23(31-24)14-17-6-4-5-7-21(17)29;1-15(2)29-26(34)30-19-10-7-16(8-11-19)24-20-14-18(28)9-12-22(20)32-25(33)23(31-24)13-17-5-3-4-6-21(17)27;1-15(2)29-26(34)30-19-10-7-16(8-11-19)24-20-14-18(27)9-12-22(20)32-25(33)23(31-24)13-17-5-3-4-6-21(17)28;;;;/h2*4-13,15,23H,14H2,1-3H3,(H,32,34)(H2,30,33,35);2*3-12,14-15,23H,13H2,1-2H3,(H,32,33)(H2,29,30,34);4*1H4. The Bertz CT molecular complexity index is 6310. The van der Waals surface area contributed by atoms with Gasteiger partial charge in [-0.25, -0.2) is 19.2 Å². The molecule has 12 N–H and O–H groups in total. The Morgan fingerprint density at radius 2 is 0.528 bits per heavy atom. The van der Waals surface area contributed by atoms with Crippen molar-refractivity contribution in [2.75, 3.05) is 42.5 Å². The number of amides is 12. The van der Waals surface area contributed by atoms with Crippen LogP contribution in [-0.4, -0.2) is 118 Å². The molecule has 4 heterocycles. The van der Waals surface area contributed by atoms with E-state index in [1.165, 1.54) is 0 Å². The quantitative estimate of drug-likeness (QED) is 0.0391. The third kappa shape index (κ3) is 31.5. The highest BCUT2D eigenvalue weighted by Gasteiger charge is 2.33. The first kappa shape index (κ1) is 113. The van der Waals surface area contributed by atoms with E-state index in [0.29, 0.717) is 124 Å². The Morgan fingerprint density at radius 1 is 0.310 bits per heavy atom. The van der Waals surface area contributed by atoms with Gasteiger partial charge in [0.25, 0.3) is 0 Å². The van der Waals surface area contributed by atoms with Gasteiger partial charge in [-0.1, -0.05) is 252 Å². The van der Waals surface area contributed by atoms with Crippen molar-refractivity contribution in [3.8, 4) is 0 Å². The molecule has 0 fully saturated rings. The molecule has 4 aliphatic rings. The average molecular weight is 2160 g/mol. The SMILES string of the molecule is C.C.C.C.CC(C)(C)NC(=O)Nc1ccc(C2=NC(Cc3ccccc3Br)C(=O)Nc3ccc(Cl)cc32)cc1.CC(C)(C)NC(=O)Nc1ccc(C2=NC(Cc3ccccc3Cl)C(=O)Nc3ccc(Cl)cc32)cc1.CC(C)NC(=O)Nc1ccc(C2=NC(Cc3ccccc3Br)C(=O)Nc3ccc(Cl)cc32)cc1.CC(C)NC(=O)Nc1ccc(C2=NC(Cc3ccccc3Cl)C(=O)Nc3ccc(Cl)cc32)cc1. The molecule has 0 bridgehead atoms. The number of carbonyl (C=O) groups is 8. The fourth-order valence-corrected chi connectivity index (χ4v) is 17.0. The number of anilines is 8. The average Bonchev–Trinajstić information content (AvgIpc) is 1.65. The van der Waals surface area contributed by atoms with Crippen molar-refractivity contribution < 1.29 is 38.4 Å². The van der Waals surface area contributed by atoms with E-state index in [0.717, 1.165) is 75.7 Å². The monoisotopic (exact) mass is 2160 g/mol. The van der Waals surface area contributed by atoms with Gasteiger partial charge in [0, 0.05) is 155 Å². The zero-order valence-electron chi connectivity index (χ0n) is 76.8. The minimum Gasteiger partial charge on any atom is -0.336 e. The maximum atomic E-state index is 13.1. The number of nitrogens with one attached hydrogen (secondary N) is 12. The van der Waals surface area contributed by atoms with E-state index in [-0.39, 0.29) is 101 Å². The van der Waals surface area contributed by atoms with E-state index in [1.54, 1.807) is 109 Å². The van der Waals surface area contributed by atoms with Gasteiger partial charge in [0.05, 0.1) is 45.6 Å². The van der Waals surface area contributed by atoms with Gasteiger partial charge in [-0.05, 0) is 237 Å². The summed E-state index contributed by atoms with van der Waals surface area (Å²) in [5, 5.41) is 37.9. The van der Waals surface area contributed by atoms with Crippen molar-refractivity contribution in [3.63, 3.8) is 0 Å². The fraction of sp³-hybridized carbons (Fsp3) is 0.236. The first-order valence-electron chi connectivity index (χ1n) is 44.2. The number of fused-ring (bicyclic) bond motifs is 4. The summed E-state index contributed by atoms with van der Waals surface area (Å²) in [6, 6.07) is 77.4. The van der Waals surface area contributed by atoms with Crippen molar-refractivity contribution >= 4 is 218 Å². The number of hydrogen-bond donors (Lipinski definition) is 12. The van der Waals surface area contributed by atoms with E-state index in [1.807, 2.05) is 227 Å². The number of halogens is 8. The topological polar surface area (TPSA) is 330 Å². The molecule has 4 atom stereocenters. The molecular formula is C110H116Br2Cl6N16O8. The lowest BCUT2D eigenvalue weighted by Crippen LogP contribution is -2.43. The van der Waals surface area contributed by atoms with Crippen LogP contribution in [0.1, 0.15) is 166 Å². The lowest BCUT2D eigenvalue weighted by Gasteiger charge is -2.20. The van der Waals surface area contributed by atoms with Crippen molar-refractivity contribution in [1.82, 2.24) is 21.3 Å². The highest BCUT2D eigenvalue weighted by atomic mass is 79.9. The first-order chi connectivity index (χ1) is 65.8. The number of benzene rings is 12. The van der Waals surface area contributed by atoms with Crippen LogP contribution < -0.4 is 63.8 Å². The Balaban J connectivity index is 0.000000209. The molecule has 24 nitrogen and oxygen atoms in total. The van der Waals surface area contributed by atoms with Crippen LogP contribution in [0.25, 0.3) is 0 Å². The Hall–Kier alpha value is -13.0. The summed E-state index contributed by atoms with van der Waals surface area (Å²) in [7, 11) is 0. The molecule has 0 aliphatic carbocycles. The van der Waals surface area contributed by atoms with E-state index >= 15 is 0 Å². The van der Waals surface area contributed by atoms with Gasteiger partial charge >= 0.3 is 24.1 Å². The Kier molecular flexibility index (Phi) is 40.5. The molecule has 142 heavy (non-hydrogen) atoms. The summed E-state index contributed by atoms with van der Waals surface area (Å²) in [5.41, 5.74) is 16.8. The van der Waals surface area contributed by atoms with Gasteiger partial charge in [0.2, 0.25) is 23.6 Å². The smallest absolute Gasteiger partial charge is 0.319 e. The third-order valence-electron chi connectivity index (χ3n) is 21.3. The van der Waals surface area contributed by atoms with E-state index in [9.17, 15) is 38.4 Å². The van der Waals surface area contributed by atoms with Crippen LogP contribution in [0.2, 0.25) is 30.1 Å². The van der Waals surface area contributed by atoms with Crippen molar-refractivity contribution in [2.45, 2.75) is 172 Å². The molecule has 4 aliphatic heterocycles. The summed E-state index contributed by atoms with van der Waals surface area (Å²) in [6.07, 6.45) is 1.58. The van der Waals surface area contributed by atoms with E-state index in [4.69, 9.17) is 89.6 Å². The van der Waals surface area contributed by atoms with Gasteiger partial charge < -0.3 is 63.8 Å². The molecule has 12 aromatic carbocycles. The Morgan fingerprint density at radius 3 is 0.754 bits per heavy atom. The maximum Gasteiger partial charge on any atom is 0.319 e. The summed E-state index contributed by atoms with van der Waals surface area (Å²) in [4.78, 5) is 120. The molecule has 0 saturated heterocycles. The molecule has 32 heteroatoms. The summed E-state index contributed by atoms with van der Waals surface area (Å²) in [6.45, 7) is 19.1. The van der Waals surface area contributed by atoms with Gasteiger partial charge in [0.1, 0.15) is 24.2 Å². The maximum absolute atomic E-state index is 13.1. The molecule has 4 unspecified atom stereocenters. The van der Waals surface area contributed by atoms with Crippen LogP contribution in [0.4, 0.5) is 64.7 Å². The van der Waals surface area contributed by atoms with E-state index in [2.05, 4.69) is 95.7 Å². The normalized spacial score (nSPS) is 14.8. The number of urea groups is 4. The van der Waals surface area contributed by atoms with E-state index < -0.39 is 24.2 Å². The van der Waals surface area contributed by atoms with Crippen LogP contribution >= 0.6 is 101 Å². The minimum absolute atomic E-state index is 0. The van der Waals surface area contributed by atoms with Crippen LogP contribution in [0, 0.1) is 0 Å². The second-order valence-electron chi connectivity index (χ2n) is 35.3. The number of benzodiazepines with no additional fused rings is 4. The highest BCUT2D eigenvalue weighted by Crippen LogP contribution is 2.37. The molecule has 0 aromatic heterocycles. The van der Waals surface area contributed by atoms with Crippen LogP contribution in [0.15, 0.2) is 296 Å². The van der Waals surface area contributed by atoms with Gasteiger partial charge in [-0.2, -0.15) is 0 Å². The number of rotatable bonds is 18. The number of aliphatic imine (C=N–C) groups is 4. The molecular weight excluding hydrogens is 2050 g/mol. The summed E-state index contributed by atoms with van der Waals surface area (Å²) < 4.78 is 1.86. The zero-order chi connectivity index (χ0) is 98.8. The highest BCUT2D eigenvalue weighted by molar-refractivity contribution is 9.10. The summed E-state index contributed by atoms with van der Waals surface area (Å²) >= 11 is 45.0. The van der Waals surface area contributed by atoms with Crippen LogP contribution in [0.5, 0.6) is 0 Å². The van der Waals surface area contributed by atoms with Crippen molar-refractivity contribution in [3.05, 3.63) is 373 Å². The van der Waals surface area contributed by atoms with Crippen LogP contribution in [-0.2, 0) is 44.9 Å². The van der Waals surface area contributed by atoms with Gasteiger partial charge in [-0.3, -0.25) is 39.1 Å². The summed E-state index contributed by atoms with van der Waals surface area (Å²) in [5.74, 6) is -0.808.